The van der Waals surface area contributed by atoms with Crippen molar-refractivity contribution >= 4 is 110 Å². The van der Waals surface area contributed by atoms with Crippen LogP contribution in [-0.4, -0.2) is 0 Å². The summed E-state index contributed by atoms with van der Waals surface area (Å²) in [5.74, 6) is 0. The third kappa shape index (κ3) is 7.07. The van der Waals surface area contributed by atoms with E-state index in [-0.39, 0.29) is 5.41 Å². The lowest BCUT2D eigenvalue weighted by molar-refractivity contribution is 0.660. The summed E-state index contributed by atoms with van der Waals surface area (Å²) >= 11 is 0. The molecule has 376 valence electrons. The van der Waals surface area contributed by atoms with Crippen LogP contribution in [-0.2, 0) is 5.41 Å². The second kappa shape index (κ2) is 17.9. The van der Waals surface area contributed by atoms with Crippen molar-refractivity contribution in [3.05, 3.63) is 290 Å². The van der Waals surface area contributed by atoms with Crippen LogP contribution in [0.4, 0.5) is 34.1 Å². The Hall–Kier alpha value is -10.2. The Balaban J connectivity index is 0.849. The summed E-state index contributed by atoms with van der Waals surface area (Å²) < 4.78 is 6.58. The lowest BCUT2D eigenvalue weighted by atomic mass is 9.81. The molecule has 15 aromatic rings. The lowest BCUT2D eigenvalue weighted by Crippen LogP contribution is -2.17. The van der Waals surface area contributed by atoms with Crippen molar-refractivity contribution in [2.24, 2.45) is 0 Å². The van der Waals surface area contributed by atoms with Crippen molar-refractivity contribution in [1.29, 1.82) is 0 Å². The summed E-state index contributed by atoms with van der Waals surface area (Å²) in [6.45, 7) is 4.78. The number of benzene rings is 14. The van der Waals surface area contributed by atoms with E-state index >= 15 is 0 Å². The number of hydrogen-bond donors (Lipinski definition) is 0. The Bertz CT molecular complexity index is 4950. The van der Waals surface area contributed by atoms with E-state index in [1.807, 2.05) is 6.07 Å². The molecule has 1 aromatic heterocycles. The Kier molecular flexibility index (Phi) is 10.3. The highest BCUT2D eigenvalue weighted by Crippen LogP contribution is 2.53. The number of fused-ring (bicyclic) bond motifs is 14. The van der Waals surface area contributed by atoms with Gasteiger partial charge in [0.1, 0.15) is 11.2 Å². The molecule has 0 bridgehead atoms. The van der Waals surface area contributed by atoms with E-state index in [2.05, 4.69) is 297 Å². The zero-order chi connectivity index (χ0) is 53.1. The quantitative estimate of drug-likeness (QED) is 0.141. The first-order valence-electron chi connectivity index (χ1n) is 27.7. The first kappa shape index (κ1) is 45.9. The summed E-state index contributed by atoms with van der Waals surface area (Å²) in [7, 11) is 0. The van der Waals surface area contributed by atoms with Crippen LogP contribution < -0.4 is 9.80 Å². The van der Waals surface area contributed by atoms with Crippen LogP contribution in [0.2, 0.25) is 0 Å². The minimum atomic E-state index is -0.301. The molecule has 0 aliphatic heterocycles. The van der Waals surface area contributed by atoms with Crippen molar-refractivity contribution in [2.75, 3.05) is 9.80 Å². The van der Waals surface area contributed by atoms with Crippen molar-refractivity contribution in [3.63, 3.8) is 0 Å². The van der Waals surface area contributed by atoms with Crippen molar-refractivity contribution < 1.29 is 4.42 Å². The van der Waals surface area contributed by atoms with Gasteiger partial charge in [-0.25, -0.2) is 0 Å². The van der Waals surface area contributed by atoms with Gasteiger partial charge in [0.15, 0.2) is 0 Å². The predicted octanol–water partition coefficient (Wildman–Crippen LogP) is 21.9. The fourth-order valence-corrected chi connectivity index (χ4v) is 13.4. The van der Waals surface area contributed by atoms with E-state index in [1.54, 1.807) is 0 Å². The molecule has 0 spiro atoms. The number of rotatable bonds is 8. The van der Waals surface area contributed by atoms with Crippen LogP contribution >= 0.6 is 0 Å². The molecule has 1 heterocycles. The highest BCUT2D eigenvalue weighted by atomic mass is 16.3. The Morgan fingerprint density at radius 1 is 0.275 bits per heavy atom. The largest absolute Gasteiger partial charge is 0.455 e. The highest BCUT2D eigenvalue weighted by Gasteiger charge is 2.37. The van der Waals surface area contributed by atoms with Gasteiger partial charge in [-0.05, 0) is 155 Å². The molecule has 1 aliphatic rings. The number of hydrogen-bond acceptors (Lipinski definition) is 3. The third-order valence-electron chi connectivity index (χ3n) is 17.2. The summed E-state index contributed by atoms with van der Waals surface area (Å²) in [6.07, 6.45) is 0. The SMILES string of the molecule is CC1(C)c2cc(-c3cccc4c3oc3ccccc34)ccc2-c2ccc(N(c3ccc4c5ccccc5c5ccccc5c4c3)c3ccc(-c4ccc(N(c5ccccc5)c5cccc6ccccc56)cc4)c4ccccc34)cc21. The molecule has 0 unspecified atom stereocenters. The van der Waals surface area contributed by atoms with E-state index in [1.165, 1.54) is 81.7 Å². The van der Waals surface area contributed by atoms with Crippen LogP contribution in [0.1, 0.15) is 25.0 Å². The van der Waals surface area contributed by atoms with Gasteiger partial charge >= 0.3 is 0 Å². The summed E-state index contributed by atoms with van der Waals surface area (Å²) in [4.78, 5) is 4.88. The van der Waals surface area contributed by atoms with Gasteiger partial charge < -0.3 is 14.2 Å². The molecular weight excluding hydrogens is 969 g/mol. The normalized spacial score (nSPS) is 12.7. The van der Waals surface area contributed by atoms with Crippen LogP contribution in [0, 0.1) is 0 Å². The molecule has 0 saturated carbocycles. The van der Waals surface area contributed by atoms with E-state index in [4.69, 9.17) is 4.42 Å². The van der Waals surface area contributed by atoms with Gasteiger partial charge in [-0.15, -0.1) is 0 Å². The summed E-state index contributed by atoms with van der Waals surface area (Å²) in [5.41, 5.74) is 18.0. The molecule has 14 aromatic carbocycles. The molecule has 0 saturated heterocycles. The predicted molar refractivity (Wildman–Crippen MR) is 339 cm³/mol. The van der Waals surface area contributed by atoms with Gasteiger partial charge in [0.25, 0.3) is 0 Å². The van der Waals surface area contributed by atoms with Gasteiger partial charge in [0.05, 0.1) is 11.4 Å². The minimum absolute atomic E-state index is 0.301. The average Bonchev–Trinajstić information content (AvgIpc) is 4.07. The van der Waals surface area contributed by atoms with Crippen LogP contribution in [0.15, 0.2) is 283 Å². The fraction of sp³-hybridized carbons (Fsp3) is 0.0390. The molecule has 80 heavy (non-hydrogen) atoms. The zero-order valence-electron chi connectivity index (χ0n) is 44.4. The number of anilines is 6. The standard InChI is InChI=1S/C77H52N2O/c1-77(2)71-46-51(58-30-17-31-69-68-29-14-15-33-75(68)80-76(58)69)36-41-65(71)66-43-40-55(48-72(66)77)79(54-39-42-64-62-26-9-8-24-60(62)61-25-10-11-27-63(61)70(64)47-54)74-45-44-56(59-23-12-13-28-67(59)74)50-34-37-53(38-35-50)78(52-20-4-3-5-21-52)73-32-16-19-49-18-6-7-22-57(49)73/h3-48H,1-2H3. The van der Waals surface area contributed by atoms with E-state index in [0.717, 1.165) is 72.8 Å². The number of para-hydroxylation sites is 3. The maximum atomic E-state index is 6.58. The maximum absolute atomic E-state index is 6.58. The Morgan fingerprint density at radius 3 is 1.52 bits per heavy atom. The van der Waals surface area contributed by atoms with Crippen LogP contribution in [0.5, 0.6) is 0 Å². The van der Waals surface area contributed by atoms with Gasteiger partial charge in [-0.2, -0.15) is 0 Å². The molecule has 0 atom stereocenters. The van der Waals surface area contributed by atoms with E-state index < -0.39 is 0 Å². The molecule has 3 heteroatoms. The van der Waals surface area contributed by atoms with Crippen LogP contribution in [0.3, 0.4) is 0 Å². The third-order valence-corrected chi connectivity index (χ3v) is 17.2. The number of nitrogens with zero attached hydrogens (tertiary/aromatic N) is 2. The van der Waals surface area contributed by atoms with Crippen molar-refractivity contribution in [3.8, 4) is 33.4 Å². The second-order valence-corrected chi connectivity index (χ2v) is 21.9. The molecular formula is C77H52N2O. The molecule has 16 rings (SSSR count). The lowest BCUT2D eigenvalue weighted by Gasteiger charge is -2.30. The van der Waals surface area contributed by atoms with Crippen molar-refractivity contribution in [1.82, 2.24) is 0 Å². The smallest absolute Gasteiger partial charge is 0.143 e. The monoisotopic (exact) mass is 1020 g/mol. The Morgan fingerprint density at radius 2 is 0.762 bits per heavy atom. The van der Waals surface area contributed by atoms with Gasteiger partial charge in [-0.1, -0.05) is 220 Å². The zero-order valence-corrected chi connectivity index (χ0v) is 44.4. The fourth-order valence-electron chi connectivity index (χ4n) is 13.4. The van der Waals surface area contributed by atoms with E-state index in [9.17, 15) is 0 Å². The Labute approximate surface area is 464 Å². The summed E-state index contributed by atoms with van der Waals surface area (Å²) in [6, 6.07) is 103. The van der Waals surface area contributed by atoms with Crippen molar-refractivity contribution in [2.45, 2.75) is 19.3 Å². The van der Waals surface area contributed by atoms with Gasteiger partial charge in [0, 0.05) is 55.3 Å². The van der Waals surface area contributed by atoms with Gasteiger partial charge in [0.2, 0.25) is 0 Å². The molecule has 0 fully saturated rings. The summed E-state index contributed by atoms with van der Waals surface area (Å²) in [5, 5.41) is 14.6. The maximum Gasteiger partial charge on any atom is 0.143 e. The minimum Gasteiger partial charge on any atom is -0.455 e. The first-order chi connectivity index (χ1) is 39.4. The molecule has 0 N–H and O–H groups in total. The second-order valence-electron chi connectivity index (χ2n) is 21.9. The first-order valence-corrected chi connectivity index (χ1v) is 27.7. The molecule has 1 aliphatic carbocycles. The molecule has 0 amide bonds. The highest BCUT2D eigenvalue weighted by molar-refractivity contribution is 6.26. The average molecular weight is 1020 g/mol. The topological polar surface area (TPSA) is 19.6 Å². The van der Waals surface area contributed by atoms with E-state index in [0.29, 0.717) is 0 Å². The van der Waals surface area contributed by atoms with Crippen LogP contribution in [0.25, 0.3) is 109 Å². The number of furan rings is 1. The van der Waals surface area contributed by atoms with Gasteiger partial charge in [-0.3, -0.25) is 0 Å². The molecule has 3 nitrogen and oxygen atoms in total. The molecule has 0 radical (unpaired) electrons.